The van der Waals surface area contributed by atoms with Crippen LogP contribution in [0.5, 0.6) is 5.75 Å². The summed E-state index contributed by atoms with van der Waals surface area (Å²) in [5.74, 6) is -0.496. The highest BCUT2D eigenvalue weighted by Gasteiger charge is 2.14. The summed E-state index contributed by atoms with van der Waals surface area (Å²) >= 11 is 3.43. The number of fused-ring (bicyclic) bond motifs is 1. The van der Waals surface area contributed by atoms with Crippen LogP contribution in [0.25, 0.3) is 10.8 Å². The second kappa shape index (κ2) is 5.61. The Morgan fingerprint density at radius 2 is 1.90 bits per heavy atom. The number of carboxylic acid groups (broad SMARTS) is 1. The van der Waals surface area contributed by atoms with Gasteiger partial charge in [-0.05, 0) is 41.1 Å². The summed E-state index contributed by atoms with van der Waals surface area (Å²) < 4.78 is 11.6. The van der Waals surface area contributed by atoms with Gasteiger partial charge in [-0.15, -0.1) is 0 Å². The molecular formula is C16H11BrO4. The second-order valence-corrected chi connectivity index (χ2v) is 5.44. The van der Waals surface area contributed by atoms with Gasteiger partial charge >= 0.3 is 5.97 Å². The Kier molecular flexibility index (Phi) is 3.66. The Balaban J connectivity index is 1.80. The third-order valence-electron chi connectivity index (χ3n) is 3.11. The lowest BCUT2D eigenvalue weighted by Gasteiger charge is -2.07. The van der Waals surface area contributed by atoms with E-state index in [1.165, 1.54) is 6.26 Å². The molecule has 106 valence electrons. The fourth-order valence-corrected chi connectivity index (χ4v) is 2.46. The van der Waals surface area contributed by atoms with Gasteiger partial charge < -0.3 is 14.3 Å². The van der Waals surface area contributed by atoms with Crippen LogP contribution >= 0.6 is 15.9 Å². The van der Waals surface area contributed by atoms with Crippen molar-refractivity contribution in [2.24, 2.45) is 0 Å². The van der Waals surface area contributed by atoms with Crippen LogP contribution in [0.2, 0.25) is 0 Å². The van der Waals surface area contributed by atoms with Gasteiger partial charge in [0.2, 0.25) is 5.76 Å². The molecule has 3 aromatic rings. The molecule has 0 saturated carbocycles. The van der Waals surface area contributed by atoms with Gasteiger partial charge in [0.1, 0.15) is 12.4 Å². The van der Waals surface area contributed by atoms with E-state index < -0.39 is 5.97 Å². The van der Waals surface area contributed by atoms with Gasteiger partial charge in [0.25, 0.3) is 0 Å². The van der Waals surface area contributed by atoms with E-state index in [1.807, 2.05) is 36.4 Å². The van der Waals surface area contributed by atoms with Crippen molar-refractivity contribution in [2.75, 3.05) is 0 Å². The van der Waals surface area contributed by atoms with Crippen LogP contribution in [0.1, 0.15) is 16.1 Å². The Hall–Kier alpha value is -2.27. The monoisotopic (exact) mass is 346 g/mol. The van der Waals surface area contributed by atoms with Crippen LogP contribution < -0.4 is 4.74 Å². The number of hydrogen-bond donors (Lipinski definition) is 1. The summed E-state index contributed by atoms with van der Waals surface area (Å²) in [7, 11) is 0. The smallest absolute Gasteiger partial charge is 0.372 e. The van der Waals surface area contributed by atoms with Gasteiger partial charge in [-0.2, -0.15) is 0 Å². The molecule has 0 saturated heterocycles. The van der Waals surface area contributed by atoms with Crippen molar-refractivity contribution in [1.82, 2.24) is 0 Å². The number of benzene rings is 2. The van der Waals surface area contributed by atoms with Crippen molar-refractivity contribution in [3.63, 3.8) is 0 Å². The van der Waals surface area contributed by atoms with E-state index in [0.717, 1.165) is 15.2 Å². The van der Waals surface area contributed by atoms with Crippen LogP contribution in [0.3, 0.4) is 0 Å². The molecule has 5 heteroatoms. The van der Waals surface area contributed by atoms with Gasteiger partial charge in [0.05, 0.1) is 6.26 Å². The zero-order valence-electron chi connectivity index (χ0n) is 10.9. The van der Waals surface area contributed by atoms with Crippen LogP contribution in [0.4, 0.5) is 0 Å². The average Bonchev–Trinajstić information content (AvgIpc) is 2.93. The highest BCUT2D eigenvalue weighted by atomic mass is 79.9. The highest BCUT2D eigenvalue weighted by molar-refractivity contribution is 9.10. The summed E-state index contributed by atoms with van der Waals surface area (Å²) in [6, 6.07) is 13.3. The zero-order valence-corrected chi connectivity index (χ0v) is 12.5. The molecule has 2 aromatic carbocycles. The Morgan fingerprint density at radius 3 is 2.71 bits per heavy atom. The SMILES string of the molecule is O=C(O)c1occc1COc1ccc2cc(Br)ccc2c1. The van der Waals surface area contributed by atoms with Gasteiger partial charge in [-0.25, -0.2) is 4.79 Å². The third-order valence-corrected chi connectivity index (χ3v) is 3.60. The molecule has 0 amide bonds. The molecule has 0 radical (unpaired) electrons. The molecule has 0 aliphatic rings. The maximum atomic E-state index is 10.9. The quantitative estimate of drug-likeness (QED) is 0.756. The molecule has 1 aromatic heterocycles. The minimum atomic E-state index is -1.10. The lowest BCUT2D eigenvalue weighted by Crippen LogP contribution is -2.02. The molecule has 0 unspecified atom stereocenters. The molecule has 0 spiro atoms. The topological polar surface area (TPSA) is 59.7 Å². The average molecular weight is 347 g/mol. The van der Waals surface area contributed by atoms with Crippen LogP contribution in [0.15, 0.2) is 57.6 Å². The van der Waals surface area contributed by atoms with Gasteiger partial charge in [0, 0.05) is 10.0 Å². The predicted molar refractivity (Wildman–Crippen MR) is 81.6 cm³/mol. The first-order chi connectivity index (χ1) is 10.1. The normalized spacial score (nSPS) is 10.7. The number of rotatable bonds is 4. The number of ether oxygens (including phenoxy) is 1. The molecule has 1 N–H and O–H groups in total. The number of furan rings is 1. The van der Waals surface area contributed by atoms with Crippen molar-refractivity contribution in [3.8, 4) is 5.75 Å². The zero-order chi connectivity index (χ0) is 14.8. The molecule has 0 aliphatic heterocycles. The van der Waals surface area contributed by atoms with Crippen molar-refractivity contribution in [2.45, 2.75) is 6.61 Å². The van der Waals surface area contributed by atoms with E-state index >= 15 is 0 Å². The summed E-state index contributed by atoms with van der Waals surface area (Å²) in [4.78, 5) is 10.9. The van der Waals surface area contributed by atoms with Crippen LogP contribution in [-0.2, 0) is 6.61 Å². The Labute approximate surface area is 129 Å². The van der Waals surface area contributed by atoms with E-state index in [4.69, 9.17) is 14.3 Å². The van der Waals surface area contributed by atoms with E-state index in [1.54, 1.807) is 6.07 Å². The first kappa shape index (κ1) is 13.7. The molecule has 1 heterocycles. The number of aromatic carboxylic acids is 1. The maximum absolute atomic E-state index is 10.9. The number of carbonyl (C=O) groups is 1. The van der Waals surface area contributed by atoms with Crippen molar-refractivity contribution < 1.29 is 19.1 Å². The van der Waals surface area contributed by atoms with Gasteiger partial charge in [0.15, 0.2) is 0 Å². The van der Waals surface area contributed by atoms with Gasteiger partial charge in [-0.1, -0.05) is 28.1 Å². The standard InChI is InChI=1S/C16H11BrO4/c17-13-3-1-11-8-14(4-2-10(11)7-13)21-9-12-5-6-20-15(12)16(18)19/h1-8H,9H2,(H,18,19). The van der Waals surface area contributed by atoms with E-state index in [-0.39, 0.29) is 12.4 Å². The lowest BCUT2D eigenvalue weighted by atomic mass is 10.1. The summed E-state index contributed by atoms with van der Waals surface area (Å²) in [5, 5.41) is 11.1. The Bertz CT molecular complexity index is 807. The largest absolute Gasteiger partial charge is 0.489 e. The molecule has 21 heavy (non-hydrogen) atoms. The molecule has 0 bridgehead atoms. The molecule has 0 fully saturated rings. The minimum Gasteiger partial charge on any atom is -0.489 e. The summed E-state index contributed by atoms with van der Waals surface area (Å²) in [6.45, 7) is 0.153. The first-order valence-corrected chi connectivity index (χ1v) is 7.04. The van der Waals surface area contributed by atoms with Crippen LogP contribution in [-0.4, -0.2) is 11.1 Å². The number of halogens is 1. The lowest BCUT2D eigenvalue weighted by molar-refractivity contribution is 0.0658. The Morgan fingerprint density at radius 1 is 1.14 bits per heavy atom. The third kappa shape index (κ3) is 2.92. The van der Waals surface area contributed by atoms with E-state index in [9.17, 15) is 4.79 Å². The minimum absolute atomic E-state index is 0.0836. The predicted octanol–water partition coefficient (Wildman–Crippen LogP) is 4.47. The van der Waals surface area contributed by atoms with E-state index in [2.05, 4.69) is 15.9 Å². The van der Waals surface area contributed by atoms with Crippen molar-refractivity contribution in [3.05, 3.63) is 64.5 Å². The molecular weight excluding hydrogens is 336 g/mol. The molecule has 0 aliphatic carbocycles. The van der Waals surface area contributed by atoms with Crippen molar-refractivity contribution >= 4 is 32.7 Å². The number of carboxylic acids is 1. The van der Waals surface area contributed by atoms with E-state index in [0.29, 0.717) is 11.3 Å². The fraction of sp³-hybridized carbons (Fsp3) is 0.0625. The number of hydrogen-bond acceptors (Lipinski definition) is 3. The second-order valence-electron chi connectivity index (χ2n) is 4.52. The van der Waals surface area contributed by atoms with Gasteiger partial charge in [-0.3, -0.25) is 0 Å². The maximum Gasteiger partial charge on any atom is 0.372 e. The van der Waals surface area contributed by atoms with Crippen molar-refractivity contribution in [1.29, 1.82) is 0 Å². The van der Waals surface area contributed by atoms with Crippen LogP contribution in [0, 0.1) is 0 Å². The summed E-state index contributed by atoms with van der Waals surface area (Å²) in [5.41, 5.74) is 0.512. The fourth-order valence-electron chi connectivity index (χ4n) is 2.08. The molecule has 4 nitrogen and oxygen atoms in total. The molecule has 0 atom stereocenters. The first-order valence-electron chi connectivity index (χ1n) is 6.25. The summed E-state index contributed by atoms with van der Waals surface area (Å²) in [6.07, 6.45) is 1.35. The molecule has 3 rings (SSSR count). The highest BCUT2D eigenvalue weighted by Crippen LogP contribution is 2.25.